The van der Waals surface area contributed by atoms with Gasteiger partial charge in [0.15, 0.2) is 11.5 Å². The van der Waals surface area contributed by atoms with Crippen LogP contribution in [0.1, 0.15) is 5.56 Å². The van der Waals surface area contributed by atoms with E-state index in [1.807, 2.05) is 0 Å². The molecular weight excluding hydrogens is 226 g/mol. The van der Waals surface area contributed by atoms with E-state index in [1.165, 1.54) is 4.90 Å². The molecule has 0 radical (unpaired) electrons. The Morgan fingerprint density at radius 3 is 2.88 bits per heavy atom. The van der Waals surface area contributed by atoms with Gasteiger partial charge in [0.2, 0.25) is 13.2 Å². The Morgan fingerprint density at radius 2 is 2.18 bits per heavy atom. The van der Waals surface area contributed by atoms with Crippen molar-refractivity contribution < 1.29 is 24.2 Å². The van der Waals surface area contributed by atoms with Crippen LogP contribution in [-0.4, -0.2) is 35.7 Å². The second-order valence-corrected chi connectivity index (χ2v) is 3.59. The highest BCUT2D eigenvalue weighted by molar-refractivity contribution is 5.71. The molecule has 1 heterocycles. The first-order chi connectivity index (χ1) is 8.19. The molecule has 0 aliphatic carbocycles. The number of carbonyl (C=O) groups is 2. The SMILES string of the molecule is O=CN(CC(=O)O)Cc1ccc2c(c1)OCO2. The molecule has 1 aliphatic heterocycles. The quantitative estimate of drug-likeness (QED) is 0.753. The predicted octanol–water partition coefficient (Wildman–Crippen LogP) is 0.458. The third kappa shape index (κ3) is 2.66. The summed E-state index contributed by atoms with van der Waals surface area (Å²) in [4.78, 5) is 22.4. The fourth-order valence-electron chi connectivity index (χ4n) is 1.58. The number of hydrogen-bond donors (Lipinski definition) is 1. The van der Waals surface area contributed by atoms with Crippen molar-refractivity contribution in [1.82, 2.24) is 4.90 Å². The summed E-state index contributed by atoms with van der Waals surface area (Å²) in [6, 6.07) is 5.24. The molecule has 1 aliphatic rings. The van der Waals surface area contributed by atoms with E-state index in [2.05, 4.69) is 0 Å². The van der Waals surface area contributed by atoms with Crippen molar-refractivity contribution in [2.75, 3.05) is 13.3 Å². The number of carbonyl (C=O) groups excluding carboxylic acids is 1. The molecule has 0 atom stereocenters. The fraction of sp³-hybridized carbons (Fsp3) is 0.273. The lowest BCUT2D eigenvalue weighted by atomic mass is 10.2. The molecule has 1 aromatic rings. The maximum atomic E-state index is 10.7. The summed E-state index contributed by atoms with van der Waals surface area (Å²) in [5.41, 5.74) is 0.794. The van der Waals surface area contributed by atoms with Crippen molar-refractivity contribution in [3.63, 3.8) is 0 Å². The molecule has 0 aromatic heterocycles. The molecule has 2 rings (SSSR count). The van der Waals surface area contributed by atoms with Gasteiger partial charge in [-0.1, -0.05) is 6.07 Å². The molecule has 1 aromatic carbocycles. The summed E-state index contributed by atoms with van der Waals surface area (Å²) in [5, 5.41) is 8.60. The summed E-state index contributed by atoms with van der Waals surface area (Å²) >= 11 is 0. The number of amides is 1. The van der Waals surface area contributed by atoms with Gasteiger partial charge in [0.25, 0.3) is 0 Å². The summed E-state index contributed by atoms with van der Waals surface area (Å²) in [5.74, 6) is 0.228. The maximum absolute atomic E-state index is 10.7. The van der Waals surface area contributed by atoms with Crippen molar-refractivity contribution in [1.29, 1.82) is 0 Å². The number of nitrogens with zero attached hydrogens (tertiary/aromatic N) is 1. The van der Waals surface area contributed by atoms with Gasteiger partial charge >= 0.3 is 5.97 Å². The van der Waals surface area contributed by atoms with Crippen LogP contribution in [-0.2, 0) is 16.1 Å². The summed E-state index contributed by atoms with van der Waals surface area (Å²) < 4.78 is 10.3. The Bertz CT molecular complexity index is 445. The first-order valence-electron chi connectivity index (χ1n) is 4.98. The molecule has 1 amide bonds. The Morgan fingerprint density at radius 1 is 1.41 bits per heavy atom. The highest BCUT2D eigenvalue weighted by Crippen LogP contribution is 2.32. The molecule has 0 saturated heterocycles. The highest BCUT2D eigenvalue weighted by Gasteiger charge is 2.14. The number of fused-ring (bicyclic) bond motifs is 1. The summed E-state index contributed by atoms with van der Waals surface area (Å²) in [6.45, 7) is 0.0929. The van der Waals surface area contributed by atoms with Crippen LogP contribution in [0.2, 0.25) is 0 Å². The number of ether oxygens (including phenoxy) is 2. The third-order valence-electron chi connectivity index (χ3n) is 2.31. The van der Waals surface area contributed by atoms with Crippen molar-refractivity contribution in [3.05, 3.63) is 23.8 Å². The first-order valence-corrected chi connectivity index (χ1v) is 4.98. The zero-order valence-electron chi connectivity index (χ0n) is 8.96. The monoisotopic (exact) mass is 237 g/mol. The van der Waals surface area contributed by atoms with Gasteiger partial charge in [-0.15, -0.1) is 0 Å². The third-order valence-corrected chi connectivity index (χ3v) is 2.31. The molecule has 90 valence electrons. The van der Waals surface area contributed by atoms with Gasteiger partial charge in [0.1, 0.15) is 6.54 Å². The van der Waals surface area contributed by atoms with Crippen LogP contribution < -0.4 is 9.47 Å². The number of rotatable bonds is 5. The van der Waals surface area contributed by atoms with Gasteiger partial charge < -0.3 is 19.5 Å². The molecule has 0 unspecified atom stereocenters. The highest BCUT2D eigenvalue weighted by atomic mass is 16.7. The van der Waals surface area contributed by atoms with E-state index in [0.29, 0.717) is 17.9 Å². The van der Waals surface area contributed by atoms with Crippen LogP contribution >= 0.6 is 0 Å². The van der Waals surface area contributed by atoms with E-state index in [4.69, 9.17) is 14.6 Å². The zero-order valence-corrected chi connectivity index (χ0v) is 8.96. The molecule has 1 N–H and O–H groups in total. The number of carboxylic acids is 1. The van der Waals surface area contributed by atoms with Gasteiger partial charge in [-0.2, -0.15) is 0 Å². The molecule has 0 fully saturated rings. The second kappa shape index (κ2) is 4.73. The largest absolute Gasteiger partial charge is 0.480 e. The van der Waals surface area contributed by atoms with E-state index < -0.39 is 5.97 Å². The van der Waals surface area contributed by atoms with Crippen molar-refractivity contribution in [2.45, 2.75) is 6.54 Å². The summed E-state index contributed by atoms with van der Waals surface area (Å²) in [7, 11) is 0. The van der Waals surface area contributed by atoms with E-state index in [-0.39, 0.29) is 19.9 Å². The maximum Gasteiger partial charge on any atom is 0.323 e. The lowest BCUT2D eigenvalue weighted by Crippen LogP contribution is -2.27. The molecule has 6 heteroatoms. The number of benzene rings is 1. The van der Waals surface area contributed by atoms with E-state index >= 15 is 0 Å². The second-order valence-electron chi connectivity index (χ2n) is 3.59. The Balaban J connectivity index is 2.07. The van der Waals surface area contributed by atoms with E-state index in [9.17, 15) is 9.59 Å². The van der Waals surface area contributed by atoms with Gasteiger partial charge in [-0.05, 0) is 17.7 Å². The minimum atomic E-state index is -1.04. The fourth-order valence-corrected chi connectivity index (χ4v) is 1.58. The standard InChI is InChI=1S/C11H11NO5/c13-6-12(5-11(14)15)4-8-1-2-9-10(3-8)17-7-16-9/h1-3,6H,4-5,7H2,(H,14,15). The van der Waals surface area contributed by atoms with Crippen LogP contribution in [0.25, 0.3) is 0 Å². The number of aliphatic carboxylic acids is 1. The average molecular weight is 237 g/mol. The Labute approximate surface area is 97.4 Å². The smallest absolute Gasteiger partial charge is 0.323 e. The van der Waals surface area contributed by atoms with Crippen LogP contribution in [0.5, 0.6) is 11.5 Å². The molecule has 0 saturated carbocycles. The minimum Gasteiger partial charge on any atom is -0.480 e. The molecule has 0 bridgehead atoms. The van der Waals surface area contributed by atoms with E-state index in [0.717, 1.165) is 5.56 Å². The Kier molecular flexibility index (Phi) is 3.13. The van der Waals surface area contributed by atoms with Crippen molar-refractivity contribution >= 4 is 12.4 Å². The van der Waals surface area contributed by atoms with Gasteiger partial charge in [0.05, 0.1) is 0 Å². The predicted molar refractivity (Wildman–Crippen MR) is 56.7 cm³/mol. The summed E-state index contributed by atoms with van der Waals surface area (Å²) in [6.07, 6.45) is 0.513. The van der Waals surface area contributed by atoms with E-state index in [1.54, 1.807) is 18.2 Å². The minimum absolute atomic E-state index is 0.186. The average Bonchev–Trinajstić information content (AvgIpc) is 2.74. The van der Waals surface area contributed by atoms with Crippen LogP contribution in [0, 0.1) is 0 Å². The van der Waals surface area contributed by atoms with Crippen LogP contribution in [0.3, 0.4) is 0 Å². The molecule has 0 spiro atoms. The first kappa shape index (κ1) is 11.3. The lowest BCUT2D eigenvalue weighted by Gasteiger charge is -2.14. The van der Waals surface area contributed by atoms with Gasteiger partial charge in [0, 0.05) is 6.54 Å². The lowest BCUT2D eigenvalue weighted by molar-refractivity contribution is -0.141. The van der Waals surface area contributed by atoms with Crippen molar-refractivity contribution in [3.8, 4) is 11.5 Å². The molecule has 6 nitrogen and oxygen atoms in total. The molecular formula is C11H11NO5. The number of carboxylic acid groups (broad SMARTS) is 1. The van der Waals surface area contributed by atoms with Gasteiger partial charge in [-0.3, -0.25) is 9.59 Å². The molecule has 17 heavy (non-hydrogen) atoms. The normalized spacial score (nSPS) is 12.2. The van der Waals surface area contributed by atoms with Crippen LogP contribution in [0.4, 0.5) is 0 Å². The topological polar surface area (TPSA) is 76.1 Å². The van der Waals surface area contributed by atoms with Crippen molar-refractivity contribution in [2.24, 2.45) is 0 Å². The zero-order chi connectivity index (χ0) is 12.3. The van der Waals surface area contributed by atoms with Crippen LogP contribution in [0.15, 0.2) is 18.2 Å². The number of hydrogen-bond acceptors (Lipinski definition) is 4. The Hall–Kier alpha value is -2.24. The van der Waals surface area contributed by atoms with Gasteiger partial charge in [-0.25, -0.2) is 0 Å².